The highest BCUT2D eigenvalue weighted by Gasteiger charge is 2.30. The van der Waals surface area contributed by atoms with E-state index in [2.05, 4.69) is 14.1 Å². The molecule has 0 aliphatic rings. The summed E-state index contributed by atoms with van der Waals surface area (Å²) < 4.78 is 69.6. The van der Waals surface area contributed by atoms with Gasteiger partial charge in [-0.05, 0) is 46.2 Å². The second-order valence-corrected chi connectivity index (χ2v) is 8.58. The number of rotatable bonds is 4. The van der Waals surface area contributed by atoms with Crippen molar-refractivity contribution in [2.24, 2.45) is 0 Å². The molecule has 148 valence electrons. The number of nitrogens with one attached hydrogen (secondary N) is 1. The zero-order valence-electron chi connectivity index (χ0n) is 14.5. The summed E-state index contributed by atoms with van der Waals surface area (Å²) in [6.07, 6.45) is -3.15. The maximum atomic E-state index is 12.8. The first-order valence-electron chi connectivity index (χ1n) is 8.24. The van der Waals surface area contributed by atoms with E-state index in [1.54, 1.807) is 24.3 Å². The van der Waals surface area contributed by atoms with Crippen LogP contribution in [0.5, 0.6) is 0 Å². The Hall–Kier alpha value is -2.98. The molecule has 1 N–H and O–H groups in total. The zero-order chi connectivity index (χ0) is 20.6. The molecule has 4 rings (SSSR count). The van der Waals surface area contributed by atoms with Gasteiger partial charge < -0.3 is 0 Å². The Morgan fingerprint density at radius 1 is 0.966 bits per heavy atom. The molecule has 0 amide bonds. The van der Waals surface area contributed by atoms with Crippen LogP contribution in [0.25, 0.3) is 21.9 Å². The van der Waals surface area contributed by atoms with E-state index in [4.69, 9.17) is 0 Å². The highest BCUT2D eigenvalue weighted by atomic mass is 32.2. The Balaban J connectivity index is 1.73. The molecule has 0 atom stereocenters. The Morgan fingerprint density at radius 2 is 1.72 bits per heavy atom. The van der Waals surface area contributed by atoms with Crippen LogP contribution < -0.4 is 4.72 Å². The van der Waals surface area contributed by atoms with Crippen molar-refractivity contribution < 1.29 is 21.6 Å². The Morgan fingerprint density at radius 3 is 2.38 bits per heavy atom. The van der Waals surface area contributed by atoms with E-state index in [0.717, 1.165) is 29.1 Å². The van der Waals surface area contributed by atoms with Gasteiger partial charge in [-0.3, -0.25) is 4.72 Å². The van der Waals surface area contributed by atoms with Crippen LogP contribution in [-0.2, 0) is 16.2 Å². The molecule has 0 fully saturated rings. The lowest BCUT2D eigenvalue weighted by Gasteiger charge is -2.11. The number of hydrogen-bond acceptors (Lipinski definition) is 5. The molecule has 0 radical (unpaired) electrons. The third-order valence-electron chi connectivity index (χ3n) is 4.27. The monoisotopic (exact) mass is 435 g/mol. The van der Waals surface area contributed by atoms with Crippen molar-refractivity contribution in [1.82, 2.24) is 9.36 Å². The van der Waals surface area contributed by atoms with Gasteiger partial charge in [-0.25, -0.2) is 13.4 Å². The van der Waals surface area contributed by atoms with E-state index < -0.39 is 21.8 Å². The molecule has 5 nitrogen and oxygen atoms in total. The van der Waals surface area contributed by atoms with E-state index >= 15 is 0 Å². The van der Waals surface area contributed by atoms with Crippen molar-refractivity contribution in [3.05, 3.63) is 72.6 Å². The van der Waals surface area contributed by atoms with Crippen molar-refractivity contribution in [2.75, 3.05) is 4.72 Å². The van der Waals surface area contributed by atoms with Crippen LogP contribution in [0.2, 0.25) is 0 Å². The molecule has 0 bridgehead atoms. The molecule has 0 spiro atoms. The summed E-state index contributed by atoms with van der Waals surface area (Å²) in [5.74, 6) is 0. The molecule has 29 heavy (non-hydrogen) atoms. The van der Waals surface area contributed by atoms with Gasteiger partial charge in [0, 0.05) is 11.5 Å². The van der Waals surface area contributed by atoms with Gasteiger partial charge in [0.05, 0.1) is 10.5 Å². The number of aromatic nitrogens is 2. The van der Waals surface area contributed by atoms with Crippen LogP contribution in [0.3, 0.4) is 0 Å². The average molecular weight is 435 g/mol. The number of hydrogen-bond donors (Lipinski definition) is 1. The standard InChI is InChI=1S/C19H12F3N3O2S2/c20-19(21,22)14-6-4-12(5-7-14)16-3-1-2-13-10-15(8-9-17(13)16)29(26,27)25-18-23-11-24-28-18/h1-11H,(H,23,24,25). The second-order valence-electron chi connectivity index (χ2n) is 6.12. The van der Waals surface area contributed by atoms with E-state index in [-0.39, 0.29) is 10.0 Å². The molecule has 0 aliphatic heterocycles. The van der Waals surface area contributed by atoms with Crippen LogP contribution in [0.1, 0.15) is 5.56 Å². The molecule has 0 unspecified atom stereocenters. The maximum Gasteiger partial charge on any atom is 0.416 e. The van der Waals surface area contributed by atoms with Crippen molar-refractivity contribution in [3.63, 3.8) is 0 Å². The fourth-order valence-electron chi connectivity index (χ4n) is 2.91. The fraction of sp³-hybridized carbons (Fsp3) is 0.0526. The number of nitrogens with zero attached hydrogens (tertiary/aromatic N) is 2. The van der Waals surface area contributed by atoms with Gasteiger partial charge in [0.25, 0.3) is 10.0 Å². The summed E-state index contributed by atoms with van der Waals surface area (Å²) >= 11 is 0.919. The summed E-state index contributed by atoms with van der Waals surface area (Å²) in [6, 6.07) is 14.7. The van der Waals surface area contributed by atoms with E-state index in [1.165, 1.54) is 30.6 Å². The van der Waals surface area contributed by atoms with Gasteiger partial charge in [-0.15, -0.1) is 0 Å². The molecule has 0 aliphatic carbocycles. The number of fused-ring (bicyclic) bond motifs is 1. The molecule has 3 aromatic carbocycles. The summed E-state index contributed by atoms with van der Waals surface area (Å²) in [5, 5.41) is 1.52. The largest absolute Gasteiger partial charge is 0.416 e. The van der Waals surface area contributed by atoms with E-state index in [9.17, 15) is 21.6 Å². The Kier molecular flexibility index (Phi) is 4.75. The molecule has 0 saturated heterocycles. The number of anilines is 1. The molecular weight excluding hydrogens is 423 g/mol. The van der Waals surface area contributed by atoms with Gasteiger partial charge in [-0.1, -0.05) is 36.4 Å². The lowest BCUT2D eigenvalue weighted by Crippen LogP contribution is -2.12. The lowest BCUT2D eigenvalue weighted by molar-refractivity contribution is -0.137. The molecular formula is C19H12F3N3O2S2. The van der Waals surface area contributed by atoms with Crippen molar-refractivity contribution >= 4 is 37.5 Å². The van der Waals surface area contributed by atoms with E-state index in [1.807, 2.05) is 0 Å². The molecule has 10 heteroatoms. The predicted molar refractivity (Wildman–Crippen MR) is 105 cm³/mol. The van der Waals surface area contributed by atoms with Crippen LogP contribution in [0.15, 0.2) is 71.9 Å². The van der Waals surface area contributed by atoms with Gasteiger partial charge >= 0.3 is 6.18 Å². The van der Waals surface area contributed by atoms with Gasteiger partial charge in [0.1, 0.15) is 6.33 Å². The van der Waals surface area contributed by atoms with Crippen molar-refractivity contribution in [2.45, 2.75) is 11.1 Å². The number of sulfonamides is 1. The summed E-state index contributed by atoms with van der Waals surface area (Å²) in [6.45, 7) is 0. The van der Waals surface area contributed by atoms with Crippen LogP contribution in [-0.4, -0.2) is 17.8 Å². The average Bonchev–Trinajstić information content (AvgIpc) is 3.19. The van der Waals surface area contributed by atoms with Gasteiger partial charge in [0.15, 0.2) is 0 Å². The molecule has 1 aromatic heterocycles. The minimum absolute atomic E-state index is 0.0461. The normalized spacial score (nSPS) is 12.2. The first-order chi connectivity index (χ1) is 13.7. The Labute approximate surface area is 168 Å². The van der Waals surface area contributed by atoms with E-state index in [0.29, 0.717) is 16.5 Å². The second kappa shape index (κ2) is 7.12. The zero-order valence-corrected chi connectivity index (χ0v) is 16.1. The third-order valence-corrected chi connectivity index (χ3v) is 6.31. The number of halogens is 3. The summed E-state index contributed by atoms with van der Waals surface area (Å²) in [5.41, 5.74) is 0.584. The maximum absolute atomic E-state index is 12.8. The number of alkyl halides is 3. The summed E-state index contributed by atoms with van der Waals surface area (Å²) in [7, 11) is -3.84. The third kappa shape index (κ3) is 3.94. The first-order valence-corrected chi connectivity index (χ1v) is 10.5. The van der Waals surface area contributed by atoms with Gasteiger partial charge in [0.2, 0.25) is 5.13 Å². The summed E-state index contributed by atoms with van der Waals surface area (Å²) in [4.78, 5) is 3.85. The smallest absolute Gasteiger partial charge is 0.253 e. The molecule has 4 aromatic rings. The topological polar surface area (TPSA) is 72.0 Å². The lowest BCUT2D eigenvalue weighted by atomic mass is 9.97. The van der Waals surface area contributed by atoms with Crippen LogP contribution in [0, 0.1) is 0 Å². The molecule has 1 heterocycles. The minimum atomic E-state index is -4.40. The first kappa shape index (κ1) is 19.3. The van der Waals surface area contributed by atoms with Crippen LogP contribution in [0.4, 0.5) is 18.3 Å². The van der Waals surface area contributed by atoms with Crippen molar-refractivity contribution in [3.8, 4) is 11.1 Å². The van der Waals surface area contributed by atoms with Gasteiger partial charge in [-0.2, -0.15) is 17.5 Å². The highest BCUT2D eigenvalue weighted by Crippen LogP contribution is 2.34. The highest BCUT2D eigenvalue weighted by molar-refractivity contribution is 7.93. The fourth-order valence-corrected chi connectivity index (χ4v) is 4.61. The quantitative estimate of drug-likeness (QED) is 0.480. The number of benzene rings is 3. The predicted octanol–water partition coefficient (Wildman–Crippen LogP) is 5.18. The SMILES string of the molecule is O=S(=O)(Nc1ncns1)c1ccc2c(-c3ccc(C(F)(F)F)cc3)cccc2c1. The minimum Gasteiger partial charge on any atom is -0.253 e. The van der Waals surface area contributed by atoms with Crippen LogP contribution >= 0.6 is 11.5 Å². The Bertz CT molecular complexity index is 1270. The molecule has 0 saturated carbocycles. The van der Waals surface area contributed by atoms with Crippen molar-refractivity contribution in [1.29, 1.82) is 0 Å².